The van der Waals surface area contributed by atoms with Crippen molar-refractivity contribution in [2.45, 2.75) is 86.5 Å². The SMILES string of the molecule is CC1=[C-]C(C)C(C)=C1C.CCc1cc([SiH2])cc(CC)c1.Cl.Cl.Cl.[CH-]1CCCCC1.[CH3-].[Ti+3]. The Hall–Kier alpha value is 0.501. The van der Waals surface area contributed by atoms with Gasteiger partial charge in [0.25, 0.3) is 0 Å². The van der Waals surface area contributed by atoms with Crippen molar-refractivity contribution < 1.29 is 21.7 Å². The minimum Gasteiger partial charge on any atom is -0.358 e. The van der Waals surface area contributed by atoms with Gasteiger partial charge in [-0.25, -0.2) is 5.57 Å². The second kappa shape index (κ2) is 23.7. The molecular formula is C26H45Cl3SiTi. The first kappa shape index (κ1) is 41.7. The van der Waals surface area contributed by atoms with E-state index in [1.807, 2.05) is 10.2 Å². The topological polar surface area (TPSA) is 0 Å². The summed E-state index contributed by atoms with van der Waals surface area (Å²) in [7, 11) is 1.97. The Morgan fingerprint density at radius 1 is 0.903 bits per heavy atom. The van der Waals surface area contributed by atoms with Gasteiger partial charge in [-0.3, -0.25) is 6.08 Å². The number of rotatable bonds is 2. The zero-order valence-corrected chi connectivity index (χ0v) is 26.2. The van der Waals surface area contributed by atoms with Gasteiger partial charge >= 0.3 is 21.7 Å². The smallest absolute Gasteiger partial charge is 0.358 e. The van der Waals surface area contributed by atoms with Crippen molar-refractivity contribution in [3.63, 3.8) is 0 Å². The van der Waals surface area contributed by atoms with Crippen LogP contribution in [-0.4, -0.2) is 10.2 Å². The fourth-order valence-corrected chi connectivity index (χ4v) is 3.83. The molecule has 1 fully saturated rings. The van der Waals surface area contributed by atoms with Crippen LogP contribution in [0.25, 0.3) is 0 Å². The molecule has 0 heterocycles. The average molecular weight is 540 g/mol. The molecule has 5 heteroatoms. The van der Waals surface area contributed by atoms with Gasteiger partial charge in [-0.05, 0) is 24.0 Å². The van der Waals surface area contributed by atoms with Gasteiger partial charge in [-0.1, -0.05) is 83.2 Å². The van der Waals surface area contributed by atoms with E-state index < -0.39 is 0 Å². The van der Waals surface area contributed by atoms with Gasteiger partial charge in [0.1, 0.15) is 0 Å². The number of hydrogen-bond donors (Lipinski definition) is 0. The van der Waals surface area contributed by atoms with Crippen LogP contribution in [0.3, 0.4) is 0 Å². The zero-order valence-electron chi connectivity index (χ0n) is 20.8. The quantitative estimate of drug-likeness (QED) is 0.267. The molecule has 1 aromatic carbocycles. The van der Waals surface area contributed by atoms with Gasteiger partial charge in [0, 0.05) is 10.2 Å². The van der Waals surface area contributed by atoms with Crippen LogP contribution in [0, 0.1) is 25.8 Å². The Morgan fingerprint density at radius 3 is 1.55 bits per heavy atom. The van der Waals surface area contributed by atoms with Gasteiger partial charge in [-0.15, -0.1) is 44.1 Å². The molecule has 2 radical (unpaired) electrons. The molecule has 0 N–H and O–H groups in total. The fourth-order valence-electron chi connectivity index (χ4n) is 3.31. The van der Waals surface area contributed by atoms with E-state index in [1.165, 1.54) is 65.1 Å². The molecule has 1 saturated carbocycles. The third-order valence-corrected chi connectivity index (χ3v) is 5.89. The summed E-state index contributed by atoms with van der Waals surface area (Å²) < 4.78 is 0. The summed E-state index contributed by atoms with van der Waals surface area (Å²) >= 11 is 0. The van der Waals surface area contributed by atoms with Crippen molar-refractivity contribution in [3.05, 3.63) is 66.0 Å². The van der Waals surface area contributed by atoms with E-state index in [0.29, 0.717) is 5.92 Å². The number of allylic oxidation sites excluding steroid dienone is 4. The van der Waals surface area contributed by atoms with Crippen molar-refractivity contribution in [2.24, 2.45) is 5.92 Å². The molecule has 1 atom stereocenters. The van der Waals surface area contributed by atoms with Crippen LogP contribution in [0.15, 0.2) is 34.9 Å². The van der Waals surface area contributed by atoms with Crippen LogP contribution in [0.2, 0.25) is 0 Å². The summed E-state index contributed by atoms with van der Waals surface area (Å²) in [6.07, 6.45) is 15.2. The first-order valence-electron chi connectivity index (χ1n) is 10.4. The van der Waals surface area contributed by atoms with Gasteiger partial charge in [0.2, 0.25) is 0 Å². The van der Waals surface area contributed by atoms with E-state index in [-0.39, 0.29) is 66.4 Å². The molecule has 1 unspecified atom stereocenters. The molecule has 2 aliphatic carbocycles. The van der Waals surface area contributed by atoms with E-state index in [4.69, 9.17) is 0 Å². The Labute approximate surface area is 231 Å². The molecular weight excluding hydrogens is 495 g/mol. The Kier molecular flexibility index (Phi) is 31.8. The molecule has 31 heavy (non-hydrogen) atoms. The number of hydrogen-bond acceptors (Lipinski definition) is 0. The molecule has 1 aromatic rings. The Balaban J connectivity index is -0.000000104. The molecule has 0 aromatic heterocycles. The van der Waals surface area contributed by atoms with Crippen molar-refractivity contribution >= 4 is 52.7 Å². The van der Waals surface area contributed by atoms with Crippen LogP contribution in [0.1, 0.15) is 84.8 Å². The average Bonchev–Trinajstić information content (AvgIpc) is 2.89. The molecule has 3 rings (SSSR count). The first-order valence-corrected chi connectivity index (χ1v) is 11.1. The Bertz CT molecular complexity index is 589. The second-order valence-electron chi connectivity index (χ2n) is 7.59. The van der Waals surface area contributed by atoms with Crippen molar-refractivity contribution in [1.29, 1.82) is 0 Å². The van der Waals surface area contributed by atoms with Gasteiger partial charge in [0.15, 0.2) is 0 Å². The maximum absolute atomic E-state index is 3.36. The molecule has 0 bridgehead atoms. The van der Waals surface area contributed by atoms with Crippen LogP contribution >= 0.6 is 37.2 Å². The predicted octanol–water partition coefficient (Wildman–Crippen LogP) is 7.66. The monoisotopic (exact) mass is 538 g/mol. The summed E-state index contributed by atoms with van der Waals surface area (Å²) in [5, 5.41) is 1.42. The van der Waals surface area contributed by atoms with Gasteiger partial charge in [-0.2, -0.15) is 24.0 Å². The number of aryl methyl sites for hydroxylation is 2. The third-order valence-electron chi connectivity index (χ3n) is 5.48. The summed E-state index contributed by atoms with van der Waals surface area (Å²) in [5.74, 6) is 0.560. The maximum Gasteiger partial charge on any atom is 3.00 e. The zero-order chi connectivity index (χ0) is 19.5. The number of halogens is 3. The molecule has 0 nitrogen and oxygen atoms in total. The third kappa shape index (κ3) is 16.7. The first-order chi connectivity index (χ1) is 12.4. The second-order valence-corrected chi connectivity index (χ2v) is 8.41. The van der Waals surface area contributed by atoms with Crippen LogP contribution in [-0.2, 0) is 34.6 Å². The van der Waals surface area contributed by atoms with Crippen molar-refractivity contribution in [3.8, 4) is 0 Å². The normalized spacial score (nSPS) is 16.1. The molecule has 0 spiro atoms. The largest absolute Gasteiger partial charge is 3.00 e. The summed E-state index contributed by atoms with van der Waals surface area (Å²) in [4.78, 5) is 0. The van der Waals surface area contributed by atoms with Crippen molar-refractivity contribution in [1.82, 2.24) is 0 Å². The molecule has 0 amide bonds. The van der Waals surface area contributed by atoms with E-state index in [2.05, 4.69) is 72.2 Å². The minimum atomic E-state index is 0. The van der Waals surface area contributed by atoms with Gasteiger partial charge < -0.3 is 13.8 Å². The number of benzene rings is 1. The molecule has 2 aliphatic rings. The maximum atomic E-state index is 3.36. The Morgan fingerprint density at radius 2 is 1.35 bits per heavy atom. The van der Waals surface area contributed by atoms with E-state index in [1.54, 1.807) is 0 Å². The van der Waals surface area contributed by atoms with Crippen LogP contribution in [0.5, 0.6) is 0 Å². The summed E-state index contributed by atoms with van der Waals surface area (Å²) in [5.41, 5.74) is 7.18. The minimum absolute atomic E-state index is 0. The van der Waals surface area contributed by atoms with Crippen LogP contribution in [0.4, 0.5) is 0 Å². The molecule has 0 aliphatic heterocycles. The fraction of sp³-hybridized carbons (Fsp3) is 0.538. The van der Waals surface area contributed by atoms with Crippen LogP contribution < -0.4 is 5.19 Å². The van der Waals surface area contributed by atoms with E-state index in [0.717, 1.165) is 12.8 Å². The van der Waals surface area contributed by atoms with Gasteiger partial charge in [0.05, 0.1) is 0 Å². The predicted molar refractivity (Wildman–Crippen MR) is 149 cm³/mol. The molecule has 0 saturated heterocycles. The van der Waals surface area contributed by atoms with E-state index in [9.17, 15) is 0 Å². The van der Waals surface area contributed by atoms with E-state index >= 15 is 0 Å². The summed E-state index contributed by atoms with van der Waals surface area (Å²) in [6, 6.07) is 6.85. The standard InChI is InChI=1S/C10H15Si.C9H13.C6H11.CH3.3ClH.Ti/c1-3-8-5-9(4-2)7-10(11)6-8;1-6-5-7(2)9(4)8(6)3;1-2-4-6-5-3-1;;;;;/h5-7H,3-4,11H2,1-2H3;6H,1-4H3;1H,2-6H2;1H3;3*1H;/q;3*-1;;;;+3. The van der Waals surface area contributed by atoms with Crippen molar-refractivity contribution in [2.75, 3.05) is 0 Å². The summed E-state index contributed by atoms with van der Waals surface area (Å²) in [6.45, 7) is 13.1. The molecule has 178 valence electrons.